The lowest BCUT2D eigenvalue weighted by Gasteiger charge is -2.17. The lowest BCUT2D eigenvalue weighted by atomic mass is 10.0. The Labute approximate surface area is 173 Å². The van der Waals surface area contributed by atoms with Gasteiger partial charge in [-0.1, -0.05) is 49.2 Å². The van der Waals surface area contributed by atoms with E-state index in [1.54, 1.807) is 42.5 Å². The van der Waals surface area contributed by atoms with Crippen LogP contribution in [0.3, 0.4) is 0 Å². The number of amides is 2. The lowest BCUT2D eigenvalue weighted by Crippen LogP contribution is -2.35. The highest BCUT2D eigenvalue weighted by Gasteiger charge is 2.39. The SMILES string of the molecule is COc1ccc(Cl)cc1NC1=C(c2ccc(Cl)cc2)C(=O)N(CC(C)C)C1=O. The molecule has 0 saturated carbocycles. The molecule has 0 atom stereocenters. The minimum Gasteiger partial charge on any atom is -0.495 e. The fourth-order valence-electron chi connectivity index (χ4n) is 3.02. The van der Waals surface area contributed by atoms with Crippen LogP contribution in [0.5, 0.6) is 5.75 Å². The van der Waals surface area contributed by atoms with E-state index >= 15 is 0 Å². The van der Waals surface area contributed by atoms with Crippen molar-refractivity contribution in [1.82, 2.24) is 4.90 Å². The van der Waals surface area contributed by atoms with Gasteiger partial charge in [0.1, 0.15) is 11.4 Å². The van der Waals surface area contributed by atoms with E-state index in [0.29, 0.717) is 39.2 Å². The lowest BCUT2D eigenvalue weighted by molar-refractivity contribution is -0.137. The Kier molecular flexibility index (Phi) is 5.96. The van der Waals surface area contributed by atoms with Crippen LogP contribution in [0.25, 0.3) is 5.57 Å². The molecule has 1 N–H and O–H groups in total. The summed E-state index contributed by atoms with van der Waals surface area (Å²) in [5.41, 5.74) is 1.60. The highest BCUT2D eigenvalue weighted by atomic mass is 35.5. The van der Waals surface area contributed by atoms with Gasteiger partial charge in [-0.3, -0.25) is 14.5 Å². The number of anilines is 1. The van der Waals surface area contributed by atoms with Crippen molar-refractivity contribution in [2.75, 3.05) is 19.0 Å². The van der Waals surface area contributed by atoms with Crippen LogP contribution in [0.15, 0.2) is 48.2 Å². The number of imide groups is 1. The van der Waals surface area contributed by atoms with Gasteiger partial charge in [0.05, 0.1) is 18.4 Å². The monoisotopic (exact) mass is 418 g/mol. The normalized spacial score (nSPS) is 14.3. The topological polar surface area (TPSA) is 58.6 Å². The Morgan fingerprint density at radius 3 is 2.25 bits per heavy atom. The number of benzene rings is 2. The molecule has 28 heavy (non-hydrogen) atoms. The van der Waals surface area contributed by atoms with Crippen LogP contribution >= 0.6 is 23.2 Å². The maximum Gasteiger partial charge on any atom is 0.278 e. The maximum absolute atomic E-state index is 13.1. The second kappa shape index (κ2) is 8.25. The van der Waals surface area contributed by atoms with Crippen LogP contribution in [0.2, 0.25) is 10.0 Å². The zero-order chi connectivity index (χ0) is 20.4. The van der Waals surface area contributed by atoms with Gasteiger partial charge in [0.15, 0.2) is 0 Å². The van der Waals surface area contributed by atoms with Gasteiger partial charge in [-0.05, 0) is 41.8 Å². The number of carbonyl (C=O) groups is 2. The summed E-state index contributed by atoms with van der Waals surface area (Å²) in [6.45, 7) is 4.23. The zero-order valence-corrected chi connectivity index (χ0v) is 17.3. The van der Waals surface area contributed by atoms with Gasteiger partial charge in [-0.15, -0.1) is 0 Å². The Hall–Kier alpha value is -2.50. The molecule has 3 rings (SSSR count). The van der Waals surface area contributed by atoms with Crippen LogP contribution in [-0.4, -0.2) is 30.4 Å². The van der Waals surface area contributed by atoms with E-state index in [9.17, 15) is 9.59 Å². The Morgan fingerprint density at radius 1 is 1.00 bits per heavy atom. The second-order valence-corrected chi connectivity index (χ2v) is 7.71. The average molecular weight is 419 g/mol. The summed E-state index contributed by atoms with van der Waals surface area (Å²) in [6.07, 6.45) is 0. The average Bonchev–Trinajstić information content (AvgIpc) is 2.87. The first kappa shape index (κ1) is 20.2. The fraction of sp³-hybridized carbons (Fsp3) is 0.238. The van der Waals surface area contributed by atoms with Gasteiger partial charge in [-0.25, -0.2) is 0 Å². The Morgan fingerprint density at radius 2 is 1.64 bits per heavy atom. The number of rotatable bonds is 6. The molecule has 146 valence electrons. The quantitative estimate of drug-likeness (QED) is 0.681. The van der Waals surface area contributed by atoms with Gasteiger partial charge in [0, 0.05) is 16.6 Å². The van der Waals surface area contributed by atoms with Gasteiger partial charge in [0.25, 0.3) is 11.8 Å². The summed E-state index contributed by atoms with van der Waals surface area (Å²) in [4.78, 5) is 27.4. The molecule has 0 aromatic heterocycles. The van der Waals surface area contributed by atoms with Gasteiger partial charge >= 0.3 is 0 Å². The van der Waals surface area contributed by atoms with Gasteiger partial charge < -0.3 is 10.1 Å². The number of halogens is 2. The molecule has 1 aliphatic heterocycles. The van der Waals surface area contributed by atoms with Crippen molar-refractivity contribution in [1.29, 1.82) is 0 Å². The summed E-state index contributed by atoms with van der Waals surface area (Å²) in [7, 11) is 1.52. The largest absolute Gasteiger partial charge is 0.495 e. The molecule has 7 heteroatoms. The van der Waals surface area contributed by atoms with Gasteiger partial charge in [-0.2, -0.15) is 0 Å². The highest BCUT2D eigenvalue weighted by Crippen LogP contribution is 2.35. The molecule has 0 fully saturated rings. The van der Waals surface area contributed by atoms with E-state index in [1.807, 2.05) is 13.8 Å². The molecule has 0 saturated heterocycles. The minimum absolute atomic E-state index is 0.138. The van der Waals surface area contributed by atoms with E-state index in [2.05, 4.69) is 5.32 Å². The molecule has 2 aromatic rings. The number of nitrogens with one attached hydrogen (secondary N) is 1. The fourth-order valence-corrected chi connectivity index (χ4v) is 3.32. The maximum atomic E-state index is 13.1. The predicted octanol–water partition coefficient (Wildman–Crippen LogP) is 4.85. The molecule has 2 amide bonds. The molecular weight excluding hydrogens is 399 g/mol. The molecule has 0 unspecified atom stereocenters. The van der Waals surface area contributed by atoms with Crippen LogP contribution < -0.4 is 10.1 Å². The third kappa shape index (κ3) is 4.01. The van der Waals surface area contributed by atoms with Crippen LogP contribution in [-0.2, 0) is 9.59 Å². The van der Waals surface area contributed by atoms with E-state index in [0.717, 1.165) is 0 Å². The number of ether oxygens (including phenoxy) is 1. The summed E-state index contributed by atoms with van der Waals surface area (Å²) in [6, 6.07) is 11.8. The van der Waals surface area contributed by atoms with Crippen LogP contribution in [0.1, 0.15) is 19.4 Å². The van der Waals surface area contributed by atoms with E-state index in [4.69, 9.17) is 27.9 Å². The molecular formula is C21H20Cl2N2O3. The number of methoxy groups -OCH3 is 1. The molecule has 0 spiro atoms. The predicted molar refractivity (Wildman–Crippen MR) is 112 cm³/mol. The zero-order valence-electron chi connectivity index (χ0n) is 15.8. The molecule has 2 aromatic carbocycles. The molecule has 1 aliphatic rings. The highest BCUT2D eigenvalue weighted by molar-refractivity contribution is 6.37. The van der Waals surface area contributed by atoms with Crippen molar-refractivity contribution in [2.24, 2.45) is 5.92 Å². The first-order valence-electron chi connectivity index (χ1n) is 8.78. The summed E-state index contributed by atoms with van der Waals surface area (Å²) < 4.78 is 5.35. The molecule has 0 radical (unpaired) electrons. The van der Waals surface area contributed by atoms with Crippen LogP contribution in [0, 0.1) is 5.92 Å². The Balaban J connectivity index is 2.11. The smallest absolute Gasteiger partial charge is 0.278 e. The van der Waals surface area contributed by atoms with Crippen molar-refractivity contribution in [3.05, 3.63) is 63.8 Å². The number of nitrogens with zero attached hydrogens (tertiary/aromatic N) is 1. The van der Waals surface area contributed by atoms with Gasteiger partial charge in [0.2, 0.25) is 0 Å². The summed E-state index contributed by atoms with van der Waals surface area (Å²) in [5.74, 6) is -0.0791. The first-order valence-corrected chi connectivity index (χ1v) is 9.54. The van der Waals surface area contributed by atoms with E-state index < -0.39 is 0 Å². The Bertz CT molecular complexity index is 953. The van der Waals surface area contributed by atoms with Crippen molar-refractivity contribution in [2.45, 2.75) is 13.8 Å². The minimum atomic E-state index is -0.384. The second-order valence-electron chi connectivity index (χ2n) is 6.84. The van der Waals surface area contributed by atoms with Crippen molar-refractivity contribution < 1.29 is 14.3 Å². The van der Waals surface area contributed by atoms with E-state index in [-0.39, 0.29) is 23.4 Å². The van der Waals surface area contributed by atoms with Crippen molar-refractivity contribution >= 4 is 46.3 Å². The summed E-state index contributed by atoms with van der Waals surface area (Å²) in [5, 5.41) is 4.10. The van der Waals surface area contributed by atoms with Crippen molar-refractivity contribution in [3.8, 4) is 5.75 Å². The molecule has 0 aliphatic carbocycles. The third-order valence-corrected chi connectivity index (χ3v) is 4.76. The molecule has 0 bridgehead atoms. The summed E-state index contributed by atoms with van der Waals surface area (Å²) >= 11 is 12.1. The van der Waals surface area contributed by atoms with E-state index in [1.165, 1.54) is 12.0 Å². The number of hydrogen-bond acceptors (Lipinski definition) is 4. The number of hydrogen-bond donors (Lipinski definition) is 1. The number of carbonyl (C=O) groups excluding carboxylic acids is 2. The third-order valence-electron chi connectivity index (χ3n) is 4.27. The van der Waals surface area contributed by atoms with Crippen molar-refractivity contribution in [3.63, 3.8) is 0 Å². The molecule has 1 heterocycles. The molecule has 5 nitrogen and oxygen atoms in total. The van der Waals surface area contributed by atoms with Crippen LogP contribution in [0.4, 0.5) is 5.69 Å². The standard InChI is InChI=1S/C21H20Cl2N2O3/c1-12(2)11-25-20(26)18(13-4-6-14(22)7-5-13)19(21(25)27)24-16-10-15(23)8-9-17(16)28-3/h4-10,12,24H,11H2,1-3H3. The first-order chi connectivity index (χ1) is 13.3.